The van der Waals surface area contributed by atoms with Crippen LogP contribution in [0.5, 0.6) is 0 Å². The Labute approximate surface area is 127 Å². The summed E-state index contributed by atoms with van der Waals surface area (Å²) in [4.78, 5) is 0.434. The predicted molar refractivity (Wildman–Crippen MR) is 84.1 cm³/mol. The highest BCUT2D eigenvalue weighted by Crippen LogP contribution is 2.22. The lowest BCUT2D eigenvalue weighted by Gasteiger charge is -2.24. The van der Waals surface area contributed by atoms with Crippen molar-refractivity contribution in [3.63, 3.8) is 0 Å². The maximum Gasteiger partial charge on any atom is 0.241 e. The van der Waals surface area contributed by atoms with Crippen LogP contribution < -0.4 is 10.0 Å². The van der Waals surface area contributed by atoms with Crippen LogP contribution in [0.1, 0.15) is 29.5 Å². The number of sulfonamides is 1. The van der Waals surface area contributed by atoms with Crippen LogP contribution in [-0.2, 0) is 10.0 Å². The van der Waals surface area contributed by atoms with Gasteiger partial charge in [-0.1, -0.05) is 17.7 Å². The molecule has 0 spiro atoms. The van der Waals surface area contributed by atoms with E-state index in [-0.39, 0.29) is 18.4 Å². The summed E-state index contributed by atoms with van der Waals surface area (Å²) in [5.41, 5.74) is 2.72. The van der Waals surface area contributed by atoms with Crippen LogP contribution in [0, 0.1) is 20.8 Å². The molecular weight excluding hydrogens is 296 g/mol. The molecule has 1 heterocycles. The molecule has 2 N–H and O–H groups in total. The Balaban J connectivity index is 0.00000200. The van der Waals surface area contributed by atoms with E-state index in [4.69, 9.17) is 0 Å². The lowest BCUT2D eigenvalue weighted by molar-refractivity contribution is 0.428. The van der Waals surface area contributed by atoms with Gasteiger partial charge in [-0.3, -0.25) is 0 Å². The second-order valence-corrected chi connectivity index (χ2v) is 7.04. The molecule has 0 aromatic heterocycles. The van der Waals surface area contributed by atoms with Crippen LogP contribution in [0.25, 0.3) is 0 Å². The van der Waals surface area contributed by atoms with Crippen molar-refractivity contribution < 1.29 is 8.42 Å². The summed E-state index contributed by atoms with van der Waals surface area (Å²) in [5.74, 6) is 0. The van der Waals surface area contributed by atoms with Crippen LogP contribution >= 0.6 is 12.4 Å². The molecule has 6 heteroatoms. The van der Waals surface area contributed by atoms with Gasteiger partial charge in [-0.2, -0.15) is 0 Å². The van der Waals surface area contributed by atoms with Crippen molar-refractivity contribution in [2.75, 3.05) is 13.1 Å². The molecule has 1 aliphatic heterocycles. The molecule has 20 heavy (non-hydrogen) atoms. The lowest BCUT2D eigenvalue weighted by atomic mass is 10.1. The van der Waals surface area contributed by atoms with E-state index in [1.165, 1.54) is 0 Å². The van der Waals surface area contributed by atoms with Gasteiger partial charge in [-0.25, -0.2) is 13.1 Å². The summed E-state index contributed by atoms with van der Waals surface area (Å²) < 4.78 is 27.9. The molecule has 2 rings (SSSR count). The molecule has 1 fully saturated rings. The van der Waals surface area contributed by atoms with E-state index in [0.29, 0.717) is 11.4 Å². The summed E-state index contributed by atoms with van der Waals surface area (Å²) in [6.45, 7) is 7.38. The van der Waals surface area contributed by atoms with Gasteiger partial charge in [0.1, 0.15) is 0 Å². The molecule has 0 unspecified atom stereocenters. The Hall–Kier alpha value is -0.620. The quantitative estimate of drug-likeness (QED) is 0.897. The number of rotatable bonds is 3. The summed E-state index contributed by atoms with van der Waals surface area (Å²) in [5, 5.41) is 3.22. The normalized spacial score (nSPS) is 19.4. The topological polar surface area (TPSA) is 58.2 Å². The van der Waals surface area contributed by atoms with Crippen molar-refractivity contribution in [3.05, 3.63) is 28.8 Å². The molecule has 1 saturated heterocycles. The number of nitrogens with one attached hydrogen (secondary N) is 2. The van der Waals surface area contributed by atoms with Crippen LogP contribution in [-0.4, -0.2) is 27.5 Å². The largest absolute Gasteiger partial charge is 0.315 e. The van der Waals surface area contributed by atoms with Crippen LogP contribution in [0.3, 0.4) is 0 Å². The van der Waals surface area contributed by atoms with Gasteiger partial charge in [0.05, 0.1) is 4.90 Å². The molecule has 1 aliphatic rings. The Bertz CT molecular complexity index is 544. The first-order valence-corrected chi connectivity index (χ1v) is 8.19. The number of piperidine rings is 1. The van der Waals surface area contributed by atoms with E-state index in [1.54, 1.807) is 0 Å². The maximum atomic E-state index is 12.5. The molecular formula is C14H23ClN2O2S. The summed E-state index contributed by atoms with van der Waals surface area (Å²) in [7, 11) is -3.43. The Morgan fingerprint density at radius 3 is 2.30 bits per heavy atom. The van der Waals surface area contributed by atoms with Gasteiger partial charge in [-0.15, -0.1) is 12.4 Å². The average molecular weight is 319 g/mol. The predicted octanol–water partition coefficient (Wildman–Crippen LogP) is 2.06. The van der Waals surface area contributed by atoms with Crippen molar-refractivity contribution in [2.24, 2.45) is 0 Å². The summed E-state index contributed by atoms with van der Waals surface area (Å²) in [6.07, 6.45) is 1.91. The van der Waals surface area contributed by atoms with Gasteiger partial charge in [-0.05, 0) is 51.3 Å². The number of hydrogen-bond acceptors (Lipinski definition) is 3. The minimum absolute atomic E-state index is 0. The average Bonchev–Trinajstić information content (AvgIpc) is 2.27. The van der Waals surface area contributed by atoms with Crippen molar-refractivity contribution in [1.29, 1.82) is 0 Å². The number of hydrogen-bond donors (Lipinski definition) is 2. The highest BCUT2D eigenvalue weighted by molar-refractivity contribution is 7.89. The SMILES string of the molecule is Cc1cc(C)c(S(=O)(=O)N[C@H]2CCCNC2)c(C)c1.Cl. The summed E-state index contributed by atoms with van der Waals surface area (Å²) in [6, 6.07) is 3.83. The van der Waals surface area contributed by atoms with E-state index in [9.17, 15) is 8.42 Å². The second kappa shape index (κ2) is 6.89. The fourth-order valence-corrected chi connectivity index (χ4v) is 4.54. The van der Waals surface area contributed by atoms with E-state index in [2.05, 4.69) is 10.0 Å². The maximum absolute atomic E-state index is 12.5. The molecule has 0 amide bonds. The first-order chi connectivity index (χ1) is 8.90. The standard InChI is InChI=1S/C14H22N2O2S.ClH/c1-10-7-11(2)14(12(3)8-10)19(17,18)16-13-5-4-6-15-9-13;/h7-8,13,15-16H,4-6,9H2,1-3H3;1H/t13-;/m0./s1. The summed E-state index contributed by atoms with van der Waals surface area (Å²) >= 11 is 0. The molecule has 114 valence electrons. The van der Waals surface area contributed by atoms with Crippen LogP contribution in [0.4, 0.5) is 0 Å². The van der Waals surface area contributed by atoms with Crippen LogP contribution in [0.15, 0.2) is 17.0 Å². The smallest absolute Gasteiger partial charge is 0.241 e. The van der Waals surface area contributed by atoms with Gasteiger partial charge in [0.25, 0.3) is 0 Å². The monoisotopic (exact) mass is 318 g/mol. The molecule has 4 nitrogen and oxygen atoms in total. The zero-order chi connectivity index (χ0) is 14.0. The van der Waals surface area contributed by atoms with Crippen molar-refractivity contribution >= 4 is 22.4 Å². The Morgan fingerprint density at radius 2 is 1.80 bits per heavy atom. The highest BCUT2D eigenvalue weighted by Gasteiger charge is 2.24. The van der Waals surface area contributed by atoms with Gasteiger partial charge in [0, 0.05) is 12.6 Å². The molecule has 0 aliphatic carbocycles. The number of aryl methyl sites for hydroxylation is 3. The third-order valence-corrected chi connectivity index (χ3v) is 5.32. The molecule has 1 aromatic rings. The zero-order valence-corrected chi connectivity index (χ0v) is 13.8. The highest BCUT2D eigenvalue weighted by atomic mass is 35.5. The number of benzene rings is 1. The first-order valence-electron chi connectivity index (χ1n) is 6.71. The van der Waals surface area contributed by atoms with Gasteiger partial charge < -0.3 is 5.32 Å². The lowest BCUT2D eigenvalue weighted by Crippen LogP contribution is -2.45. The second-order valence-electron chi connectivity index (χ2n) is 5.39. The van der Waals surface area contributed by atoms with Gasteiger partial charge in [0.2, 0.25) is 10.0 Å². The van der Waals surface area contributed by atoms with E-state index < -0.39 is 10.0 Å². The number of halogens is 1. The fourth-order valence-electron chi connectivity index (χ4n) is 2.82. The molecule has 1 atom stereocenters. The molecule has 0 bridgehead atoms. The third kappa shape index (κ3) is 3.95. The first kappa shape index (κ1) is 17.4. The minimum atomic E-state index is -3.43. The third-order valence-electron chi connectivity index (χ3n) is 3.49. The van der Waals surface area contributed by atoms with Crippen molar-refractivity contribution in [3.8, 4) is 0 Å². The van der Waals surface area contributed by atoms with E-state index in [1.807, 2.05) is 32.9 Å². The van der Waals surface area contributed by atoms with E-state index >= 15 is 0 Å². The molecule has 0 saturated carbocycles. The van der Waals surface area contributed by atoms with Crippen molar-refractivity contribution in [1.82, 2.24) is 10.0 Å². The Morgan fingerprint density at radius 1 is 1.20 bits per heavy atom. The van der Waals surface area contributed by atoms with Gasteiger partial charge in [0.15, 0.2) is 0 Å². The molecule has 1 aromatic carbocycles. The van der Waals surface area contributed by atoms with Crippen LogP contribution in [0.2, 0.25) is 0 Å². The van der Waals surface area contributed by atoms with Gasteiger partial charge >= 0.3 is 0 Å². The zero-order valence-electron chi connectivity index (χ0n) is 12.2. The minimum Gasteiger partial charge on any atom is -0.315 e. The molecule has 0 radical (unpaired) electrons. The van der Waals surface area contributed by atoms with Crippen molar-refractivity contribution in [2.45, 2.75) is 44.6 Å². The Kier molecular flexibility index (Phi) is 6.01. The van der Waals surface area contributed by atoms with E-state index in [0.717, 1.165) is 36.1 Å². The fraction of sp³-hybridized carbons (Fsp3) is 0.571.